The van der Waals surface area contributed by atoms with Crippen molar-refractivity contribution in [3.63, 3.8) is 0 Å². The van der Waals surface area contributed by atoms with Crippen LogP contribution in [0.25, 0.3) is 11.1 Å². The predicted molar refractivity (Wildman–Crippen MR) is 75.4 cm³/mol. The fraction of sp³-hybridized carbons (Fsp3) is 0.200. The van der Waals surface area contributed by atoms with Crippen LogP contribution in [0.15, 0.2) is 42.6 Å². The van der Waals surface area contributed by atoms with Crippen LogP contribution in [0.2, 0.25) is 0 Å². The Bertz CT molecular complexity index is 577. The summed E-state index contributed by atoms with van der Waals surface area (Å²) in [5.74, 6) is -0.110. The first-order chi connectivity index (χ1) is 9.06. The molecule has 0 aliphatic carbocycles. The topological polar surface area (TPSA) is 62.2 Å². The first-order valence-electron chi connectivity index (χ1n) is 6.12. The number of carbonyl (C=O) groups is 1. The normalized spacial score (nSPS) is 10.5. The zero-order valence-electron chi connectivity index (χ0n) is 10.9. The summed E-state index contributed by atoms with van der Waals surface area (Å²) < 4.78 is 0. The fourth-order valence-electron chi connectivity index (χ4n) is 1.78. The molecule has 0 unspecified atom stereocenters. The van der Waals surface area contributed by atoms with Crippen molar-refractivity contribution < 1.29 is 9.90 Å². The molecule has 0 amide bonds. The minimum atomic E-state index is -0.923. The van der Waals surface area contributed by atoms with Crippen molar-refractivity contribution in [2.75, 3.05) is 5.32 Å². The molecule has 0 aliphatic rings. The maximum Gasteiger partial charge on any atom is 0.335 e. The van der Waals surface area contributed by atoms with E-state index in [-0.39, 0.29) is 5.56 Å². The number of hydrogen-bond acceptors (Lipinski definition) is 3. The number of hydrogen-bond donors (Lipinski definition) is 2. The minimum absolute atomic E-state index is 0.280. The average molecular weight is 256 g/mol. The number of nitrogens with zero attached hydrogens (tertiary/aromatic N) is 1. The Morgan fingerprint density at radius 2 is 2.00 bits per heavy atom. The Balaban J connectivity index is 2.27. The van der Waals surface area contributed by atoms with Crippen molar-refractivity contribution in [3.05, 3.63) is 48.2 Å². The van der Waals surface area contributed by atoms with Crippen LogP contribution in [0.3, 0.4) is 0 Å². The third kappa shape index (κ3) is 3.31. The van der Waals surface area contributed by atoms with Crippen LogP contribution in [-0.4, -0.2) is 22.1 Å². The molecule has 0 atom stereocenters. The molecule has 2 rings (SSSR count). The molecular weight excluding hydrogens is 240 g/mol. The van der Waals surface area contributed by atoms with E-state index in [1.165, 1.54) is 0 Å². The van der Waals surface area contributed by atoms with Gasteiger partial charge in [-0.3, -0.25) is 0 Å². The summed E-state index contributed by atoms with van der Waals surface area (Å²) in [6.07, 6.45) is 1.74. The van der Waals surface area contributed by atoms with Crippen molar-refractivity contribution in [2.24, 2.45) is 0 Å². The smallest absolute Gasteiger partial charge is 0.335 e. The lowest BCUT2D eigenvalue weighted by Crippen LogP contribution is -2.10. The molecule has 4 heteroatoms. The summed E-state index contributed by atoms with van der Waals surface area (Å²) in [6, 6.07) is 11.0. The molecule has 1 heterocycles. The van der Waals surface area contributed by atoms with Gasteiger partial charge in [0.05, 0.1) is 5.56 Å². The summed E-state index contributed by atoms with van der Waals surface area (Å²) >= 11 is 0. The first-order valence-corrected chi connectivity index (χ1v) is 6.12. The zero-order chi connectivity index (χ0) is 13.8. The van der Waals surface area contributed by atoms with Gasteiger partial charge in [0.1, 0.15) is 5.82 Å². The highest BCUT2D eigenvalue weighted by molar-refractivity contribution is 5.89. The van der Waals surface area contributed by atoms with Gasteiger partial charge < -0.3 is 10.4 Å². The van der Waals surface area contributed by atoms with E-state index < -0.39 is 5.97 Å². The second-order valence-corrected chi connectivity index (χ2v) is 4.62. The maximum absolute atomic E-state index is 10.9. The van der Waals surface area contributed by atoms with Crippen LogP contribution >= 0.6 is 0 Å². The van der Waals surface area contributed by atoms with E-state index in [0.717, 1.165) is 16.9 Å². The van der Waals surface area contributed by atoms with Crippen molar-refractivity contribution in [1.82, 2.24) is 4.98 Å². The SMILES string of the molecule is CC(C)Nc1ccc(-c2cccc(C(=O)O)c2)cn1. The van der Waals surface area contributed by atoms with Crippen LogP contribution < -0.4 is 5.32 Å². The second-order valence-electron chi connectivity index (χ2n) is 4.62. The summed E-state index contributed by atoms with van der Waals surface area (Å²) in [6.45, 7) is 4.10. The van der Waals surface area contributed by atoms with E-state index in [1.807, 2.05) is 32.0 Å². The lowest BCUT2D eigenvalue weighted by Gasteiger charge is -2.09. The van der Waals surface area contributed by atoms with Crippen molar-refractivity contribution in [3.8, 4) is 11.1 Å². The molecule has 0 bridgehead atoms. The Morgan fingerprint density at radius 1 is 1.21 bits per heavy atom. The lowest BCUT2D eigenvalue weighted by molar-refractivity contribution is 0.0697. The molecule has 19 heavy (non-hydrogen) atoms. The molecule has 1 aromatic carbocycles. The highest BCUT2D eigenvalue weighted by Crippen LogP contribution is 2.21. The highest BCUT2D eigenvalue weighted by Gasteiger charge is 2.05. The number of rotatable bonds is 4. The van der Waals surface area contributed by atoms with Gasteiger partial charge in [-0.05, 0) is 43.7 Å². The largest absolute Gasteiger partial charge is 0.478 e. The monoisotopic (exact) mass is 256 g/mol. The molecule has 0 spiro atoms. The molecule has 0 aliphatic heterocycles. The first kappa shape index (κ1) is 13.1. The fourth-order valence-corrected chi connectivity index (χ4v) is 1.78. The predicted octanol–water partition coefficient (Wildman–Crippen LogP) is 3.27. The lowest BCUT2D eigenvalue weighted by atomic mass is 10.0. The third-order valence-electron chi connectivity index (χ3n) is 2.64. The van der Waals surface area contributed by atoms with E-state index in [0.29, 0.717) is 6.04 Å². The Kier molecular flexibility index (Phi) is 3.80. The van der Waals surface area contributed by atoms with Crippen LogP contribution in [0.5, 0.6) is 0 Å². The van der Waals surface area contributed by atoms with Crippen LogP contribution in [0, 0.1) is 0 Å². The average Bonchev–Trinajstić information content (AvgIpc) is 2.39. The standard InChI is InChI=1S/C15H16N2O2/c1-10(2)17-14-7-6-13(9-16-14)11-4-3-5-12(8-11)15(18)19/h3-10H,1-2H3,(H,16,17)(H,18,19). The number of aromatic carboxylic acids is 1. The van der Waals surface area contributed by atoms with Gasteiger partial charge in [-0.15, -0.1) is 0 Å². The van der Waals surface area contributed by atoms with Crippen LogP contribution in [0.1, 0.15) is 24.2 Å². The van der Waals surface area contributed by atoms with E-state index in [1.54, 1.807) is 24.4 Å². The highest BCUT2D eigenvalue weighted by atomic mass is 16.4. The van der Waals surface area contributed by atoms with Crippen molar-refractivity contribution >= 4 is 11.8 Å². The number of nitrogens with one attached hydrogen (secondary N) is 1. The van der Waals surface area contributed by atoms with E-state index in [2.05, 4.69) is 10.3 Å². The molecule has 1 aromatic heterocycles. The van der Waals surface area contributed by atoms with Crippen LogP contribution in [-0.2, 0) is 0 Å². The zero-order valence-corrected chi connectivity index (χ0v) is 10.9. The number of carboxylic acid groups (broad SMARTS) is 1. The Hall–Kier alpha value is -2.36. The summed E-state index contributed by atoms with van der Waals surface area (Å²) in [4.78, 5) is 15.2. The molecular formula is C15H16N2O2. The molecule has 0 radical (unpaired) electrons. The number of anilines is 1. The van der Waals surface area contributed by atoms with Crippen molar-refractivity contribution in [2.45, 2.75) is 19.9 Å². The van der Waals surface area contributed by atoms with Gasteiger partial charge in [-0.1, -0.05) is 12.1 Å². The van der Waals surface area contributed by atoms with E-state index >= 15 is 0 Å². The Labute approximate surface area is 112 Å². The van der Waals surface area contributed by atoms with Crippen LogP contribution in [0.4, 0.5) is 5.82 Å². The molecule has 4 nitrogen and oxygen atoms in total. The Morgan fingerprint density at radius 3 is 2.58 bits per heavy atom. The molecule has 0 fully saturated rings. The minimum Gasteiger partial charge on any atom is -0.478 e. The maximum atomic E-state index is 10.9. The van der Waals surface area contributed by atoms with Gasteiger partial charge in [0.25, 0.3) is 0 Å². The van der Waals surface area contributed by atoms with E-state index in [4.69, 9.17) is 5.11 Å². The summed E-state index contributed by atoms with van der Waals surface area (Å²) in [7, 11) is 0. The van der Waals surface area contributed by atoms with Gasteiger partial charge in [0, 0.05) is 17.8 Å². The molecule has 98 valence electrons. The van der Waals surface area contributed by atoms with Gasteiger partial charge in [-0.25, -0.2) is 9.78 Å². The number of carboxylic acids is 1. The molecule has 0 saturated heterocycles. The number of aromatic nitrogens is 1. The molecule has 2 N–H and O–H groups in total. The third-order valence-corrected chi connectivity index (χ3v) is 2.64. The second kappa shape index (κ2) is 5.52. The molecule has 0 saturated carbocycles. The quantitative estimate of drug-likeness (QED) is 0.881. The number of benzene rings is 1. The van der Waals surface area contributed by atoms with E-state index in [9.17, 15) is 4.79 Å². The molecule has 2 aromatic rings. The van der Waals surface area contributed by atoms with Gasteiger partial charge in [0.2, 0.25) is 0 Å². The van der Waals surface area contributed by atoms with Gasteiger partial charge in [0.15, 0.2) is 0 Å². The summed E-state index contributed by atoms with van der Waals surface area (Å²) in [5.41, 5.74) is 2.03. The van der Waals surface area contributed by atoms with Gasteiger partial charge in [-0.2, -0.15) is 0 Å². The summed E-state index contributed by atoms with van der Waals surface area (Å²) in [5, 5.41) is 12.2. The van der Waals surface area contributed by atoms with Gasteiger partial charge >= 0.3 is 5.97 Å². The van der Waals surface area contributed by atoms with Crippen molar-refractivity contribution in [1.29, 1.82) is 0 Å². The number of pyridine rings is 1.